The van der Waals surface area contributed by atoms with E-state index in [4.69, 9.17) is 0 Å². The predicted octanol–water partition coefficient (Wildman–Crippen LogP) is 3.95. The molecule has 0 saturated carbocycles. The smallest absolute Gasteiger partial charge is 0.132 e. The van der Waals surface area contributed by atoms with Crippen LogP contribution >= 0.6 is 12.4 Å². The highest BCUT2D eigenvalue weighted by Gasteiger charge is 2.12. The molecule has 1 fully saturated rings. The van der Waals surface area contributed by atoms with Crippen molar-refractivity contribution in [2.24, 2.45) is 0 Å². The van der Waals surface area contributed by atoms with E-state index in [2.05, 4.69) is 33.1 Å². The molecule has 1 aliphatic rings. The van der Waals surface area contributed by atoms with Crippen LogP contribution in [0.4, 0.5) is 5.82 Å². The zero-order valence-corrected chi connectivity index (χ0v) is 12.4. The molecule has 1 aliphatic heterocycles. The largest absolute Gasteiger partial charge is 0.357 e. The van der Waals surface area contributed by atoms with Crippen LogP contribution in [0.3, 0.4) is 0 Å². The Morgan fingerprint density at radius 2 is 1.55 bits per heavy atom. The minimum atomic E-state index is 0. The first kappa shape index (κ1) is 14.8. The van der Waals surface area contributed by atoms with Crippen LogP contribution < -0.4 is 4.90 Å². The maximum Gasteiger partial charge on any atom is 0.132 e. The highest BCUT2D eigenvalue weighted by atomic mass is 35.5. The van der Waals surface area contributed by atoms with Gasteiger partial charge in [0.2, 0.25) is 0 Å². The van der Waals surface area contributed by atoms with Gasteiger partial charge in [0.1, 0.15) is 12.1 Å². The summed E-state index contributed by atoms with van der Waals surface area (Å²) in [5, 5.41) is 0. The lowest BCUT2D eigenvalue weighted by Crippen LogP contribution is -2.24. The summed E-state index contributed by atoms with van der Waals surface area (Å²) in [4.78, 5) is 11.2. The van der Waals surface area contributed by atoms with E-state index in [1.165, 1.54) is 25.7 Å². The summed E-state index contributed by atoms with van der Waals surface area (Å²) >= 11 is 0. The number of hydrogen-bond donors (Lipinski definition) is 0. The summed E-state index contributed by atoms with van der Waals surface area (Å²) in [6, 6.07) is 12.4. The van der Waals surface area contributed by atoms with Gasteiger partial charge in [-0.15, -0.1) is 12.4 Å². The SMILES string of the molecule is Cl.c1ccc(-c2cc(N3CCCCCC3)ncn2)cc1. The van der Waals surface area contributed by atoms with Gasteiger partial charge in [-0.25, -0.2) is 9.97 Å². The molecular weight excluding hydrogens is 270 g/mol. The van der Waals surface area contributed by atoms with Crippen LogP contribution in [0.5, 0.6) is 0 Å². The first-order chi connectivity index (χ1) is 9.43. The molecule has 20 heavy (non-hydrogen) atoms. The van der Waals surface area contributed by atoms with Crippen molar-refractivity contribution in [1.82, 2.24) is 9.97 Å². The summed E-state index contributed by atoms with van der Waals surface area (Å²) in [5.74, 6) is 1.07. The van der Waals surface area contributed by atoms with Crippen molar-refractivity contribution in [3.8, 4) is 11.3 Å². The number of aromatic nitrogens is 2. The number of halogens is 1. The fourth-order valence-electron chi connectivity index (χ4n) is 2.59. The molecule has 0 bridgehead atoms. The zero-order valence-electron chi connectivity index (χ0n) is 11.5. The second kappa shape index (κ2) is 7.25. The Hall–Kier alpha value is -1.61. The molecule has 3 nitrogen and oxygen atoms in total. The molecule has 0 atom stereocenters. The van der Waals surface area contributed by atoms with Gasteiger partial charge in [0.05, 0.1) is 5.69 Å². The van der Waals surface area contributed by atoms with E-state index in [0.717, 1.165) is 30.2 Å². The zero-order chi connectivity index (χ0) is 12.9. The Morgan fingerprint density at radius 1 is 0.850 bits per heavy atom. The number of benzene rings is 1. The van der Waals surface area contributed by atoms with Crippen LogP contribution in [-0.4, -0.2) is 23.1 Å². The summed E-state index contributed by atoms with van der Waals surface area (Å²) in [5.41, 5.74) is 2.16. The second-order valence-electron chi connectivity index (χ2n) is 5.03. The van der Waals surface area contributed by atoms with Crippen LogP contribution in [0.15, 0.2) is 42.7 Å². The van der Waals surface area contributed by atoms with Crippen molar-refractivity contribution in [2.75, 3.05) is 18.0 Å². The average molecular weight is 290 g/mol. The Kier molecular flexibility index (Phi) is 5.36. The lowest BCUT2D eigenvalue weighted by molar-refractivity contribution is 0.726. The summed E-state index contributed by atoms with van der Waals surface area (Å²) in [7, 11) is 0. The van der Waals surface area contributed by atoms with Crippen LogP contribution in [-0.2, 0) is 0 Å². The van der Waals surface area contributed by atoms with Crippen molar-refractivity contribution in [3.63, 3.8) is 0 Å². The Labute approximate surface area is 126 Å². The third-order valence-electron chi connectivity index (χ3n) is 3.65. The summed E-state index contributed by atoms with van der Waals surface area (Å²) in [6.07, 6.45) is 6.90. The Morgan fingerprint density at radius 3 is 2.25 bits per heavy atom. The molecule has 106 valence electrons. The van der Waals surface area contributed by atoms with E-state index < -0.39 is 0 Å². The molecule has 0 amide bonds. The van der Waals surface area contributed by atoms with E-state index in [1.807, 2.05) is 18.2 Å². The predicted molar refractivity (Wildman–Crippen MR) is 85.4 cm³/mol. The minimum absolute atomic E-state index is 0. The fourth-order valence-corrected chi connectivity index (χ4v) is 2.59. The van der Waals surface area contributed by atoms with Crippen LogP contribution in [0.1, 0.15) is 25.7 Å². The van der Waals surface area contributed by atoms with Crippen molar-refractivity contribution in [1.29, 1.82) is 0 Å². The summed E-state index contributed by atoms with van der Waals surface area (Å²) < 4.78 is 0. The lowest BCUT2D eigenvalue weighted by atomic mass is 10.1. The molecule has 2 heterocycles. The van der Waals surface area contributed by atoms with E-state index in [1.54, 1.807) is 6.33 Å². The molecule has 0 spiro atoms. The highest BCUT2D eigenvalue weighted by molar-refractivity contribution is 5.85. The second-order valence-corrected chi connectivity index (χ2v) is 5.03. The Balaban J connectivity index is 0.00000147. The first-order valence-corrected chi connectivity index (χ1v) is 7.06. The van der Waals surface area contributed by atoms with Gasteiger partial charge in [-0.3, -0.25) is 0 Å². The molecule has 0 unspecified atom stereocenters. The quantitative estimate of drug-likeness (QED) is 0.838. The number of anilines is 1. The molecule has 1 aromatic carbocycles. The molecule has 1 saturated heterocycles. The summed E-state index contributed by atoms with van der Waals surface area (Å²) in [6.45, 7) is 2.23. The van der Waals surface area contributed by atoms with Gasteiger partial charge >= 0.3 is 0 Å². The standard InChI is InChI=1S/C16H19N3.ClH/c1-2-7-11-19(10-6-1)16-12-15(17-13-18-16)14-8-4-3-5-9-14;/h3-5,8-9,12-13H,1-2,6-7,10-11H2;1H. The van der Waals surface area contributed by atoms with E-state index in [9.17, 15) is 0 Å². The van der Waals surface area contributed by atoms with Gasteiger partial charge in [0, 0.05) is 24.7 Å². The first-order valence-electron chi connectivity index (χ1n) is 7.06. The van der Waals surface area contributed by atoms with E-state index >= 15 is 0 Å². The lowest BCUT2D eigenvalue weighted by Gasteiger charge is -2.21. The Bertz CT molecular complexity index is 522. The minimum Gasteiger partial charge on any atom is -0.357 e. The van der Waals surface area contributed by atoms with Gasteiger partial charge < -0.3 is 4.90 Å². The highest BCUT2D eigenvalue weighted by Crippen LogP contribution is 2.22. The average Bonchev–Trinajstić information content (AvgIpc) is 2.77. The molecule has 0 radical (unpaired) electrons. The molecule has 3 rings (SSSR count). The van der Waals surface area contributed by atoms with Crippen molar-refractivity contribution in [3.05, 3.63) is 42.7 Å². The van der Waals surface area contributed by atoms with Gasteiger partial charge in [-0.05, 0) is 12.8 Å². The number of nitrogens with zero attached hydrogens (tertiary/aromatic N) is 3. The normalized spacial score (nSPS) is 15.3. The topological polar surface area (TPSA) is 29.0 Å². The van der Waals surface area contributed by atoms with Gasteiger partial charge in [-0.2, -0.15) is 0 Å². The molecule has 0 aliphatic carbocycles. The third-order valence-corrected chi connectivity index (χ3v) is 3.65. The molecular formula is C16H20ClN3. The van der Waals surface area contributed by atoms with Gasteiger partial charge in [0.15, 0.2) is 0 Å². The molecule has 4 heteroatoms. The van der Waals surface area contributed by atoms with Crippen molar-refractivity contribution in [2.45, 2.75) is 25.7 Å². The molecule has 1 aromatic heterocycles. The van der Waals surface area contributed by atoms with Crippen LogP contribution in [0.2, 0.25) is 0 Å². The van der Waals surface area contributed by atoms with E-state index in [-0.39, 0.29) is 12.4 Å². The monoisotopic (exact) mass is 289 g/mol. The van der Waals surface area contributed by atoms with Gasteiger partial charge in [-0.1, -0.05) is 43.2 Å². The number of hydrogen-bond acceptors (Lipinski definition) is 3. The van der Waals surface area contributed by atoms with Gasteiger partial charge in [0.25, 0.3) is 0 Å². The van der Waals surface area contributed by atoms with Crippen molar-refractivity contribution >= 4 is 18.2 Å². The number of rotatable bonds is 2. The van der Waals surface area contributed by atoms with Crippen molar-refractivity contribution < 1.29 is 0 Å². The van der Waals surface area contributed by atoms with Crippen LogP contribution in [0.25, 0.3) is 11.3 Å². The maximum absolute atomic E-state index is 4.45. The molecule has 0 N–H and O–H groups in total. The molecule has 2 aromatic rings. The fraction of sp³-hybridized carbons (Fsp3) is 0.375. The third kappa shape index (κ3) is 3.48. The van der Waals surface area contributed by atoms with Crippen LogP contribution in [0, 0.1) is 0 Å². The maximum atomic E-state index is 4.45. The van der Waals surface area contributed by atoms with E-state index in [0.29, 0.717) is 0 Å².